The average Bonchev–Trinajstić information content (AvgIpc) is 3.13. The molecule has 0 unspecified atom stereocenters. The largest absolute Gasteiger partial charge is 0.497 e. The Labute approximate surface area is 304 Å². The Kier molecular flexibility index (Phi) is 12.7. The number of rotatable bonds is 19. The van der Waals surface area contributed by atoms with E-state index in [-0.39, 0.29) is 0 Å². The van der Waals surface area contributed by atoms with Crippen molar-refractivity contribution in [3.63, 3.8) is 0 Å². The van der Waals surface area contributed by atoms with Crippen LogP contribution in [0.25, 0.3) is 43.6 Å². The van der Waals surface area contributed by atoms with Gasteiger partial charge in [0.15, 0.2) is 0 Å². The summed E-state index contributed by atoms with van der Waals surface area (Å²) in [4.78, 5) is 9.65. The lowest BCUT2D eigenvalue weighted by molar-refractivity contribution is 0.415. The summed E-state index contributed by atoms with van der Waals surface area (Å²) >= 11 is 12.5. The number of halogens is 2. The number of nitrogens with zero attached hydrogens (tertiary/aromatic N) is 2. The number of ether oxygens (including phenoxy) is 2. The molecule has 0 saturated carbocycles. The number of aromatic nitrogens is 2. The Bertz CT molecular complexity index is 1910. The molecular formula is C40H46Cl2N6O2. The van der Waals surface area contributed by atoms with Crippen molar-refractivity contribution < 1.29 is 9.47 Å². The highest BCUT2D eigenvalue weighted by molar-refractivity contribution is 6.32. The number of anilines is 2. The van der Waals surface area contributed by atoms with E-state index in [0.717, 1.165) is 125 Å². The molecule has 50 heavy (non-hydrogen) atoms. The Morgan fingerprint density at radius 2 is 0.900 bits per heavy atom. The monoisotopic (exact) mass is 712 g/mol. The van der Waals surface area contributed by atoms with Gasteiger partial charge < -0.3 is 30.7 Å². The standard InChI is InChI=1S/C40H46Cl2N6O2/c1-49-29-11-15-35-33(25-29)39(31-13-9-27(41)23-37(31)47-35)45-21-7-6-19-43-17-4-3-5-18-44-20-8-22-46-40-32-14-10-28(42)24-38(32)48-36-16-12-30(50-2)26-34(36)40/h9-16,23-26,43-44H,3-8,17-22H2,1-2H3,(H,45,47)(H,46,48). The van der Waals surface area contributed by atoms with Crippen LogP contribution in [-0.4, -0.2) is 63.5 Å². The van der Waals surface area contributed by atoms with Gasteiger partial charge in [-0.05, 0) is 131 Å². The van der Waals surface area contributed by atoms with Gasteiger partial charge in [0, 0.05) is 44.7 Å². The minimum atomic E-state index is 0.686. The summed E-state index contributed by atoms with van der Waals surface area (Å²) in [6.45, 7) is 5.84. The van der Waals surface area contributed by atoms with E-state index < -0.39 is 0 Å². The Morgan fingerprint density at radius 3 is 1.40 bits per heavy atom. The third-order valence-electron chi connectivity index (χ3n) is 9.01. The van der Waals surface area contributed by atoms with Crippen molar-refractivity contribution in [2.75, 3.05) is 64.1 Å². The van der Waals surface area contributed by atoms with Gasteiger partial charge in [-0.1, -0.05) is 29.6 Å². The Morgan fingerprint density at radius 1 is 0.460 bits per heavy atom. The van der Waals surface area contributed by atoms with E-state index >= 15 is 0 Å². The van der Waals surface area contributed by atoms with Crippen LogP contribution in [0.1, 0.15) is 38.5 Å². The predicted molar refractivity (Wildman–Crippen MR) is 212 cm³/mol. The van der Waals surface area contributed by atoms with Crippen molar-refractivity contribution in [3.8, 4) is 11.5 Å². The van der Waals surface area contributed by atoms with Crippen LogP contribution in [0.2, 0.25) is 10.0 Å². The second kappa shape index (κ2) is 17.7. The molecule has 2 heterocycles. The number of methoxy groups -OCH3 is 2. The number of nitrogens with one attached hydrogen (secondary N) is 4. The van der Waals surface area contributed by atoms with Crippen molar-refractivity contribution in [1.29, 1.82) is 0 Å². The molecule has 0 fully saturated rings. The van der Waals surface area contributed by atoms with Gasteiger partial charge in [0.25, 0.3) is 0 Å². The summed E-state index contributed by atoms with van der Waals surface area (Å²) in [7, 11) is 3.38. The van der Waals surface area contributed by atoms with Gasteiger partial charge in [0.2, 0.25) is 0 Å². The minimum Gasteiger partial charge on any atom is -0.497 e. The van der Waals surface area contributed by atoms with Crippen LogP contribution >= 0.6 is 23.2 Å². The molecule has 0 aliphatic rings. The third kappa shape index (κ3) is 8.98. The maximum Gasteiger partial charge on any atom is 0.119 e. The number of hydrogen-bond acceptors (Lipinski definition) is 8. The van der Waals surface area contributed by atoms with E-state index in [0.29, 0.717) is 10.0 Å². The number of hydrogen-bond donors (Lipinski definition) is 4. The van der Waals surface area contributed by atoms with Crippen LogP contribution in [0.4, 0.5) is 11.4 Å². The van der Waals surface area contributed by atoms with Crippen LogP contribution in [-0.2, 0) is 0 Å². The average molecular weight is 714 g/mol. The highest BCUT2D eigenvalue weighted by Crippen LogP contribution is 2.35. The lowest BCUT2D eigenvalue weighted by atomic mass is 10.1. The van der Waals surface area contributed by atoms with E-state index in [4.69, 9.17) is 42.6 Å². The summed E-state index contributed by atoms with van der Waals surface area (Å²) in [5.41, 5.74) is 5.79. The fraction of sp³-hybridized carbons (Fsp3) is 0.350. The van der Waals surface area contributed by atoms with Gasteiger partial charge in [-0.15, -0.1) is 0 Å². The molecule has 0 spiro atoms. The van der Waals surface area contributed by atoms with E-state index in [1.807, 2.05) is 66.7 Å². The lowest BCUT2D eigenvalue weighted by Crippen LogP contribution is -2.20. The molecule has 0 bridgehead atoms. The number of fused-ring (bicyclic) bond motifs is 4. The van der Waals surface area contributed by atoms with Gasteiger partial charge >= 0.3 is 0 Å². The summed E-state index contributed by atoms with van der Waals surface area (Å²) < 4.78 is 11.0. The maximum atomic E-state index is 6.27. The molecule has 0 aliphatic heterocycles. The van der Waals surface area contributed by atoms with Gasteiger partial charge in [-0.25, -0.2) is 9.97 Å². The quantitative estimate of drug-likeness (QED) is 0.0488. The highest BCUT2D eigenvalue weighted by Gasteiger charge is 2.12. The molecule has 0 saturated heterocycles. The molecule has 6 rings (SSSR count). The highest BCUT2D eigenvalue weighted by atomic mass is 35.5. The van der Waals surface area contributed by atoms with Gasteiger partial charge in [0.05, 0.1) is 47.7 Å². The van der Waals surface area contributed by atoms with E-state index in [2.05, 4.69) is 27.3 Å². The molecule has 4 aromatic carbocycles. The van der Waals surface area contributed by atoms with E-state index in [9.17, 15) is 0 Å². The van der Waals surface area contributed by atoms with Crippen molar-refractivity contribution in [2.24, 2.45) is 0 Å². The van der Waals surface area contributed by atoms with Crippen LogP contribution in [0.3, 0.4) is 0 Å². The molecule has 0 aliphatic carbocycles. The zero-order valence-corrected chi connectivity index (χ0v) is 30.4. The SMILES string of the molecule is COc1ccc2nc3cc(Cl)ccc3c(NCCCCNCCCCCNCCCNc3c4ccc(Cl)cc4nc4ccc(OC)cc34)c2c1. The van der Waals surface area contributed by atoms with Crippen LogP contribution in [0, 0.1) is 0 Å². The normalized spacial score (nSPS) is 11.5. The molecule has 6 aromatic rings. The van der Waals surface area contributed by atoms with E-state index in [1.165, 1.54) is 19.3 Å². The predicted octanol–water partition coefficient (Wildman–Crippen LogP) is 9.46. The first-order valence-corrected chi connectivity index (χ1v) is 18.3. The zero-order chi connectivity index (χ0) is 34.7. The van der Waals surface area contributed by atoms with Crippen LogP contribution in [0.15, 0.2) is 72.8 Å². The second-order valence-electron chi connectivity index (χ2n) is 12.5. The van der Waals surface area contributed by atoms with Crippen molar-refractivity contribution in [3.05, 3.63) is 82.8 Å². The van der Waals surface area contributed by atoms with E-state index in [1.54, 1.807) is 14.2 Å². The smallest absolute Gasteiger partial charge is 0.119 e. The first kappa shape index (κ1) is 35.7. The fourth-order valence-corrected chi connectivity index (χ4v) is 6.70. The Hall–Kier alpha value is -4.08. The fourth-order valence-electron chi connectivity index (χ4n) is 6.37. The van der Waals surface area contributed by atoms with Gasteiger partial charge in [-0.3, -0.25) is 0 Å². The third-order valence-corrected chi connectivity index (χ3v) is 9.48. The lowest BCUT2D eigenvalue weighted by Gasteiger charge is -2.14. The maximum absolute atomic E-state index is 6.27. The summed E-state index contributed by atoms with van der Waals surface area (Å²) in [6, 6.07) is 23.8. The molecule has 10 heteroatoms. The topological polar surface area (TPSA) is 92.4 Å². The molecule has 262 valence electrons. The zero-order valence-electron chi connectivity index (χ0n) is 28.9. The molecule has 2 aromatic heterocycles. The molecule has 8 nitrogen and oxygen atoms in total. The molecular weight excluding hydrogens is 667 g/mol. The van der Waals surface area contributed by atoms with Crippen molar-refractivity contribution in [1.82, 2.24) is 20.6 Å². The molecule has 0 atom stereocenters. The number of benzene rings is 4. The molecule has 0 radical (unpaired) electrons. The minimum absolute atomic E-state index is 0.686. The van der Waals surface area contributed by atoms with Crippen molar-refractivity contribution >= 4 is 78.2 Å². The first-order chi connectivity index (χ1) is 24.5. The Balaban J connectivity index is 0.843. The van der Waals surface area contributed by atoms with Crippen LogP contribution in [0.5, 0.6) is 11.5 Å². The van der Waals surface area contributed by atoms with Crippen molar-refractivity contribution in [2.45, 2.75) is 38.5 Å². The van der Waals surface area contributed by atoms with Crippen LogP contribution < -0.4 is 30.7 Å². The first-order valence-electron chi connectivity index (χ1n) is 17.6. The summed E-state index contributed by atoms with van der Waals surface area (Å²) in [5, 5.41) is 20.2. The number of unbranched alkanes of at least 4 members (excludes halogenated alkanes) is 3. The van der Waals surface area contributed by atoms with Gasteiger partial charge in [0.1, 0.15) is 11.5 Å². The number of pyridine rings is 2. The summed E-state index contributed by atoms with van der Waals surface area (Å²) in [5.74, 6) is 1.64. The second-order valence-corrected chi connectivity index (χ2v) is 13.4. The molecule has 0 amide bonds. The summed E-state index contributed by atoms with van der Waals surface area (Å²) in [6.07, 6.45) is 6.81. The molecule has 4 N–H and O–H groups in total. The van der Waals surface area contributed by atoms with Gasteiger partial charge in [-0.2, -0.15) is 0 Å².